The maximum atomic E-state index is 14.1. The molecule has 0 unspecified atom stereocenters. The van der Waals surface area contributed by atoms with Crippen LogP contribution in [-0.2, 0) is 45.7 Å². The molecule has 4 rings (SSSR count). The first kappa shape index (κ1) is 32.7. The number of hydrogen-bond acceptors (Lipinski definition) is 5. The molecule has 0 saturated carbocycles. The van der Waals surface area contributed by atoms with Crippen LogP contribution in [0.25, 0.3) is 0 Å². The van der Waals surface area contributed by atoms with Crippen LogP contribution in [0, 0.1) is 0 Å². The number of rotatable bonds is 14. The van der Waals surface area contributed by atoms with Gasteiger partial charge in [0.1, 0.15) is 11.8 Å². The topological polar surface area (TPSA) is 96.0 Å². The van der Waals surface area contributed by atoms with Crippen molar-refractivity contribution in [2.45, 2.75) is 32.1 Å². The minimum atomic E-state index is -3.77. The number of carbonyl (C=O) groups excluding carboxylic acids is 2. The van der Waals surface area contributed by atoms with Crippen molar-refractivity contribution in [1.82, 2.24) is 14.5 Å². The summed E-state index contributed by atoms with van der Waals surface area (Å²) in [6.45, 7) is -0.0987. The van der Waals surface area contributed by atoms with Gasteiger partial charge >= 0.3 is 0 Å². The van der Waals surface area contributed by atoms with Gasteiger partial charge in [-0.15, -0.1) is 0 Å². The highest BCUT2D eigenvalue weighted by molar-refractivity contribution is 7.88. The number of ether oxygens (including phenoxy) is 1. The summed E-state index contributed by atoms with van der Waals surface area (Å²) in [5, 5.41) is 3.52. The summed E-state index contributed by atoms with van der Waals surface area (Å²) >= 11 is 6.12. The Morgan fingerprint density at radius 3 is 1.89 bits per heavy atom. The summed E-state index contributed by atoms with van der Waals surface area (Å²) in [5.41, 5.74) is 3.21. The van der Waals surface area contributed by atoms with Gasteiger partial charge in [-0.3, -0.25) is 9.59 Å². The van der Waals surface area contributed by atoms with E-state index < -0.39 is 28.5 Å². The van der Waals surface area contributed by atoms with Crippen LogP contribution in [0.5, 0.6) is 5.75 Å². The van der Waals surface area contributed by atoms with Gasteiger partial charge in [-0.2, -0.15) is 4.31 Å². The Bertz CT molecular complexity index is 1620. The Balaban J connectivity index is 1.66. The molecule has 0 aromatic heterocycles. The van der Waals surface area contributed by atoms with Crippen molar-refractivity contribution >= 4 is 33.4 Å². The molecule has 0 aliphatic carbocycles. The zero-order valence-electron chi connectivity index (χ0n) is 24.7. The Morgan fingerprint density at radius 1 is 0.773 bits per heavy atom. The van der Waals surface area contributed by atoms with E-state index in [1.807, 2.05) is 72.8 Å². The van der Waals surface area contributed by atoms with E-state index in [4.69, 9.17) is 16.3 Å². The maximum Gasteiger partial charge on any atom is 0.243 e. The molecule has 0 fully saturated rings. The molecular weight excluding hydrogens is 598 g/mol. The lowest BCUT2D eigenvalue weighted by Crippen LogP contribution is -2.53. The van der Waals surface area contributed by atoms with Crippen molar-refractivity contribution in [2.75, 3.05) is 19.9 Å². The molecule has 0 saturated heterocycles. The second kappa shape index (κ2) is 15.5. The number of carbonyl (C=O) groups is 2. The van der Waals surface area contributed by atoms with Gasteiger partial charge in [0.05, 0.1) is 19.9 Å². The molecule has 0 bridgehead atoms. The molecule has 1 atom stereocenters. The number of nitrogens with one attached hydrogen (secondary N) is 1. The van der Waals surface area contributed by atoms with Crippen molar-refractivity contribution < 1.29 is 22.7 Å². The molecule has 0 radical (unpaired) electrons. The van der Waals surface area contributed by atoms with Gasteiger partial charge < -0.3 is 15.0 Å². The predicted molar refractivity (Wildman–Crippen MR) is 172 cm³/mol. The van der Waals surface area contributed by atoms with E-state index >= 15 is 0 Å². The van der Waals surface area contributed by atoms with Crippen LogP contribution >= 0.6 is 11.6 Å². The highest BCUT2D eigenvalue weighted by atomic mass is 35.5. The van der Waals surface area contributed by atoms with E-state index in [9.17, 15) is 18.0 Å². The van der Waals surface area contributed by atoms with Crippen LogP contribution in [-0.4, -0.2) is 55.4 Å². The lowest BCUT2D eigenvalue weighted by molar-refractivity contribution is -0.141. The molecule has 4 aromatic carbocycles. The van der Waals surface area contributed by atoms with Crippen molar-refractivity contribution in [3.8, 4) is 5.75 Å². The first-order valence-electron chi connectivity index (χ1n) is 14.1. The van der Waals surface area contributed by atoms with E-state index in [0.717, 1.165) is 32.8 Å². The van der Waals surface area contributed by atoms with Gasteiger partial charge in [0, 0.05) is 31.1 Å². The average molecular weight is 634 g/mol. The molecule has 44 heavy (non-hydrogen) atoms. The zero-order valence-corrected chi connectivity index (χ0v) is 26.3. The Morgan fingerprint density at radius 2 is 1.32 bits per heavy atom. The standard InChI is InChI=1S/C34H36ClN3O5S/c1-43-31-19-15-27(16-20-31)22-36-34(40)32(21-26-9-5-3-6-10-26)38(24-29-13-17-30(35)18-14-29)33(39)25-37(44(2,41)42)23-28-11-7-4-8-12-28/h3-20,32H,21-25H2,1-2H3,(H,36,40)/t32-/m0/s1. The molecule has 0 aliphatic heterocycles. The Labute approximate surface area is 264 Å². The average Bonchev–Trinajstić information content (AvgIpc) is 3.03. The summed E-state index contributed by atoms with van der Waals surface area (Å²) in [7, 11) is -2.18. The van der Waals surface area contributed by atoms with Crippen molar-refractivity contribution in [3.05, 3.63) is 136 Å². The Kier molecular flexibility index (Phi) is 11.5. The SMILES string of the molecule is COc1ccc(CNC(=O)[C@H](Cc2ccccc2)N(Cc2ccc(Cl)cc2)C(=O)CN(Cc2ccccc2)S(C)(=O)=O)cc1. The number of sulfonamides is 1. The van der Waals surface area contributed by atoms with Crippen molar-refractivity contribution in [2.24, 2.45) is 0 Å². The fraction of sp³-hybridized carbons (Fsp3) is 0.235. The highest BCUT2D eigenvalue weighted by Gasteiger charge is 2.33. The zero-order chi connectivity index (χ0) is 31.5. The summed E-state index contributed by atoms with van der Waals surface area (Å²) in [6.07, 6.45) is 1.31. The van der Waals surface area contributed by atoms with E-state index in [1.54, 1.807) is 43.5 Å². The molecule has 10 heteroatoms. The lowest BCUT2D eigenvalue weighted by Gasteiger charge is -2.33. The van der Waals surface area contributed by atoms with Crippen LogP contribution < -0.4 is 10.1 Å². The number of nitrogens with zero attached hydrogens (tertiary/aromatic N) is 2. The normalized spacial score (nSPS) is 12.0. The van der Waals surface area contributed by atoms with Crippen molar-refractivity contribution in [1.29, 1.82) is 0 Å². The smallest absolute Gasteiger partial charge is 0.243 e. The monoisotopic (exact) mass is 633 g/mol. The summed E-state index contributed by atoms with van der Waals surface area (Å²) in [6, 6.07) is 31.9. The number of halogens is 1. The third-order valence-electron chi connectivity index (χ3n) is 7.15. The molecule has 0 spiro atoms. The summed E-state index contributed by atoms with van der Waals surface area (Å²) in [4.78, 5) is 29.5. The fourth-order valence-corrected chi connectivity index (χ4v) is 5.56. The van der Waals surface area contributed by atoms with Crippen LogP contribution in [0.15, 0.2) is 109 Å². The first-order chi connectivity index (χ1) is 21.1. The van der Waals surface area contributed by atoms with Gasteiger partial charge in [-0.25, -0.2) is 8.42 Å². The van der Waals surface area contributed by atoms with Gasteiger partial charge in [-0.05, 0) is 46.5 Å². The minimum Gasteiger partial charge on any atom is -0.497 e. The quantitative estimate of drug-likeness (QED) is 0.209. The number of hydrogen-bond donors (Lipinski definition) is 1. The van der Waals surface area contributed by atoms with E-state index in [1.165, 1.54) is 4.90 Å². The minimum absolute atomic E-state index is 0.0210. The van der Waals surface area contributed by atoms with Crippen LogP contribution in [0.2, 0.25) is 5.02 Å². The molecule has 1 N–H and O–H groups in total. The maximum absolute atomic E-state index is 14.1. The summed E-state index contributed by atoms with van der Waals surface area (Å²) < 4.78 is 32.0. The second-order valence-electron chi connectivity index (χ2n) is 10.4. The van der Waals surface area contributed by atoms with Crippen molar-refractivity contribution in [3.63, 3.8) is 0 Å². The van der Waals surface area contributed by atoms with E-state index in [-0.39, 0.29) is 32.0 Å². The Hall–Kier alpha value is -4.18. The van der Waals surface area contributed by atoms with Gasteiger partial charge in [0.25, 0.3) is 0 Å². The molecule has 0 heterocycles. The molecule has 2 amide bonds. The molecule has 230 valence electrons. The van der Waals surface area contributed by atoms with Gasteiger partial charge in [0.15, 0.2) is 0 Å². The van der Waals surface area contributed by atoms with E-state index in [0.29, 0.717) is 10.8 Å². The first-order valence-corrected chi connectivity index (χ1v) is 16.3. The molecular formula is C34H36ClN3O5S. The molecule has 4 aromatic rings. The number of amides is 2. The third kappa shape index (κ3) is 9.67. The highest BCUT2D eigenvalue weighted by Crippen LogP contribution is 2.19. The lowest BCUT2D eigenvalue weighted by atomic mass is 10.0. The fourth-order valence-electron chi connectivity index (χ4n) is 4.71. The predicted octanol–water partition coefficient (Wildman–Crippen LogP) is 5.07. The largest absolute Gasteiger partial charge is 0.497 e. The van der Waals surface area contributed by atoms with Gasteiger partial charge in [0.2, 0.25) is 21.8 Å². The molecule has 0 aliphatic rings. The summed E-state index contributed by atoms with van der Waals surface area (Å²) in [5.74, 6) is -0.157. The number of methoxy groups -OCH3 is 1. The third-order valence-corrected chi connectivity index (χ3v) is 8.59. The van der Waals surface area contributed by atoms with Crippen LogP contribution in [0.3, 0.4) is 0 Å². The molecule has 8 nitrogen and oxygen atoms in total. The van der Waals surface area contributed by atoms with Crippen LogP contribution in [0.1, 0.15) is 22.3 Å². The number of benzene rings is 4. The van der Waals surface area contributed by atoms with Gasteiger partial charge in [-0.1, -0.05) is 96.5 Å². The van der Waals surface area contributed by atoms with E-state index in [2.05, 4.69) is 5.32 Å². The van der Waals surface area contributed by atoms with Crippen LogP contribution in [0.4, 0.5) is 0 Å². The second-order valence-corrected chi connectivity index (χ2v) is 12.9.